The first kappa shape index (κ1) is 53.1. The number of nitrogens with two attached hydrogens (primary N) is 1. The summed E-state index contributed by atoms with van der Waals surface area (Å²) in [5.74, 6) is 1.76. The molecular weight excluding hydrogens is 969 g/mol. The van der Waals surface area contributed by atoms with Gasteiger partial charge in [-0.3, -0.25) is 4.79 Å². The van der Waals surface area contributed by atoms with E-state index in [1.807, 2.05) is 107 Å². The summed E-state index contributed by atoms with van der Waals surface area (Å²) in [5, 5.41) is 28.8. The maximum atomic E-state index is 12.9. The number of nitrogen functional groups attached to an aromatic ring is 1. The Hall–Kier alpha value is -8.70. The van der Waals surface area contributed by atoms with Gasteiger partial charge in [-0.2, -0.15) is 20.7 Å². The lowest BCUT2D eigenvalue weighted by atomic mass is 9.81. The fraction of sp³-hybridized carbons (Fsp3) is 0.367. The first-order valence-corrected chi connectivity index (χ1v) is 26.8. The van der Waals surface area contributed by atoms with Crippen LogP contribution in [-0.4, -0.2) is 91.6 Å². The first-order chi connectivity index (χ1) is 37.6. The summed E-state index contributed by atoms with van der Waals surface area (Å²) in [5.41, 5.74) is 13.5. The SMILES string of the molecule is CCOC(=O)C(=O)/C=C/c1ccc(N2CCC(C#N)CC2)nc1.CCOC(=O)c1cc(-c2ccc(N3CCC(C#N)CC3)nc2)c2c(C3CCC3)nn(-c3ccccc3)c2n1.Nc1cc(C2CCC2)nn1-c1ccccc1. The number of pyridine rings is 3. The van der Waals surface area contributed by atoms with Gasteiger partial charge in [0.1, 0.15) is 17.5 Å². The molecule has 2 aliphatic carbocycles. The quantitative estimate of drug-likeness (QED) is 0.0644. The summed E-state index contributed by atoms with van der Waals surface area (Å²) in [6, 6.07) is 36.3. The normalized spacial score (nSPS) is 15.9. The van der Waals surface area contributed by atoms with E-state index in [4.69, 9.17) is 30.8 Å². The van der Waals surface area contributed by atoms with Crippen LogP contribution in [0.2, 0.25) is 0 Å². The molecular formula is C60H64N12O5. The summed E-state index contributed by atoms with van der Waals surface area (Å²) in [7, 11) is 0. The highest BCUT2D eigenvalue weighted by Crippen LogP contribution is 2.43. The summed E-state index contributed by atoms with van der Waals surface area (Å²) >= 11 is 0. The van der Waals surface area contributed by atoms with Crippen molar-refractivity contribution in [2.24, 2.45) is 11.8 Å². The number of nitrogens with zero attached hydrogens (tertiary/aromatic N) is 11. The van der Waals surface area contributed by atoms with E-state index in [0.717, 1.165) is 127 Å². The van der Waals surface area contributed by atoms with Crippen molar-refractivity contribution >= 4 is 52.3 Å². The maximum absolute atomic E-state index is 12.9. The molecule has 2 N–H and O–H groups in total. The molecule has 2 saturated heterocycles. The lowest BCUT2D eigenvalue weighted by Crippen LogP contribution is -2.33. The van der Waals surface area contributed by atoms with Crippen LogP contribution in [0, 0.1) is 34.5 Å². The number of anilines is 3. The zero-order chi connectivity index (χ0) is 53.7. The van der Waals surface area contributed by atoms with E-state index >= 15 is 0 Å². The largest absolute Gasteiger partial charge is 0.461 e. The number of benzene rings is 2. The summed E-state index contributed by atoms with van der Waals surface area (Å²) in [6.07, 6.45) is 16.9. The van der Waals surface area contributed by atoms with Gasteiger partial charge in [-0.15, -0.1) is 0 Å². The average Bonchev–Trinajstić information content (AvgIpc) is 4.02. The number of para-hydroxylation sites is 2. The molecule has 7 heterocycles. The molecule has 2 aliphatic heterocycles. The number of hydrogen-bond donors (Lipinski definition) is 1. The molecule has 77 heavy (non-hydrogen) atoms. The van der Waals surface area contributed by atoms with Crippen LogP contribution in [0.15, 0.2) is 116 Å². The van der Waals surface area contributed by atoms with Crippen LogP contribution in [0.25, 0.3) is 39.6 Å². The molecule has 4 aliphatic rings. The van der Waals surface area contributed by atoms with E-state index in [-0.39, 0.29) is 30.7 Å². The molecule has 0 radical (unpaired) electrons. The number of carbonyl (C=O) groups is 3. The van der Waals surface area contributed by atoms with Crippen molar-refractivity contribution in [3.8, 4) is 34.6 Å². The summed E-state index contributed by atoms with van der Waals surface area (Å²) in [4.78, 5) is 53.9. The molecule has 5 aromatic heterocycles. The number of ketones is 1. The minimum absolute atomic E-state index is 0.128. The van der Waals surface area contributed by atoms with Gasteiger partial charge in [0.15, 0.2) is 11.3 Å². The summed E-state index contributed by atoms with van der Waals surface area (Å²) in [6.45, 7) is 7.19. The number of ether oxygens (including phenoxy) is 2. The average molecular weight is 1030 g/mol. The van der Waals surface area contributed by atoms with Crippen LogP contribution in [0.3, 0.4) is 0 Å². The number of nitriles is 2. The Morgan fingerprint density at radius 2 is 1.25 bits per heavy atom. The van der Waals surface area contributed by atoms with Gasteiger partial charge in [0, 0.05) is 73.9 Å². The minimum Gasteiger partial charge on any atom is -0.461 e. The number of hydrogen-bond acceptors (Lipinski definition) is 15. The van der Waals surface area contributed by atoms with Crippen molar-refractivity contribution in [2.45, 2.75) is 89.9 Å². The maximum Gasteiger partial charge on any atom is 0.379 e. The van der Waals surface area contributed by atoms with Gasteiger partial charge >= 0.3 is 11.9 Å². The van der Waals surface area contributed by atoms with E-state index in [1.54, 1.807) is 20.0 Å². The molecule has 4 fully saturated rings. The Labute approximate surface area is 449 Å². The molecule has 0 amide bonds. The van der Waals surface area contributed by atoms with Crippen LogP contribution in [0.1, 0.15) is 117 Å². The highest BCUT2D eigenvalue weighted by molar-refractivity contribution is 6.39. The van der Waals surface area contributed by atoms with Crippen molar-refractivity contribution in [3.05, 3.63) is 138 Å². The molecule has 394 valence electrons. The smallest absolute Gasteiger partial charge is 0.379 e. The van der Waals surface area contributed by atoms with Crippen molar-refractivity contribution in [1.82, 2.24) is 34.5 Å². The number of esters is 2. The molecule has 2 saturated carbocycles. The molecule has 0 atom stereocenters. The van der Waals surface area contributed by atoms with Crippen LogP contribution >= 0.6 is 0 Å². The zero-order valence-electron chi connectivity index (χ0n) is 43.7. The standard InChI is InChI=1S/C30H30N6O2.C17H19N3O3.C13H15N3/c1-2-38-30(37)25-17-24(22-11-12-26(32-19-22)35-15-13-20(18-31)14-16-35)27-28(21-7-6-8-21)34-36(29(27)33-25)23-9-4-3-5-10-23;1-2-23-17(22)15(21)5-3-14-4-6-16(19-12-14)20-9-7-13(11-18)8-10-20;14-13-9-12(10-5-4-6-10)15-16(13)11-7-2-1-3-8-11/h3-5,9-12,17,19-21H,2,6-8,13-16H2,1H3;3-6,12-13H,2,7-10H2,1H3;1-3,7-10H,4-6,14H2/b;5-3+;. The van der Waals surface area contributed by atoms with Gasteiger partial charge < -0.3 is 25.0 Å². The molecule has 0 bridgehead atoms. The third-order valence-electron chi connectivity index (χ3n) is 14.7. The number of aromatic nitrogens is 7. The number of rotatable bonds is 13. The second-order valence-corrected chi connectivity index (χ2v) is 19.7. The van der Waals surface area contributed by atoms with Crippen LogP contribution in [-0.2, 0) is 19.1 Å². The molecule has 2 aromatic carbocycles. The second kappa shape index (κ2) is 25.2. The third-order valence-corrected chi connectivity index (χ3v) is 14.7. The molecule has 0 unspecified atom stereocenters. The van der Waals surface area contributed by atoms with Crippen LogP contribution in [0.5, 0.6) is 0 Å². The van der Waals surface area contributed by atoms with Gasteiger partial charge in [0.2, 0.25) is 0 Å². The zero-order valence-corrected chi connectivity index (χ0v) is 43.7. The molecule has 7 aromatic rings. The molecule has 0 spiro atoms. The highest BCUT2D eigenvalue weighted by atomic mass is 16.5. The van der Waals surface area contributed by atoms with Gasteiger partial charge in [-0.25, -0.2) is 33.9 Å². The van der Waals surface area contributed by atoms with Crippen LogP contribution < -0.4 is 15.5 Å². The lowest BCUT2D eigenvalue weighted by molar-refractivity contribution is -0.151. The van der Waals surface area contributed by atoms with Gasteiger partial charge in [-0.1, -0.05) is 49.2 Å². The Kier molecular flexibility index (Phi) is 17.4. The van der Waals surface area contributed by atoms with E-state index in [9.17, 15) is 19.6 Å². The Bertz CT molecular complexity index is 3250. The Morgan fingerprint density at radius 1 is 0.675 bits per heavy atom. The number of fused-ring (bicyclic) bond motifs is 1. The molecule has 17 nitrogen and oxygen atoms in total. The predicted molar refractivity (Wildman–Crippen MR) is 295 cm³/mol. The lowest BCUT2D eigenvalue weighted by Gasteiger charge is -2.30. The van der Waals surface area contributed by atoms with E-state index in [2.05, 4.69) is 42.8 Å². The van der Waals surface area contributed by atoms with Crippen molar-refractivity contribution in [1.29, 1.82) is 10.5 Å². The minimum atomic E-state index is -0.853. The second-order valence-electron chi connectivity index (χ2n) is 19.7. The van der Waals surface area contributed by atoms with Crippen LogP contribution in [0.4, 0.5) is 17.5 Å². The number of piperidine rings is 2. The fourth-order valence-electron chi connectivity index (χ4n) is 9.82. The molecule has 11 rings (SSSR count). The Balaban J connectivity index is 0.000000157. The highest BCUT2D eigenvalue weighted by Gasteiger charge is 2.30. The number of carbonyl (C=O) groups excluding carboxylic acids is 3. The van der Waals surface area contributed by atoms with Gasteiger partial charge in [0.25, 0.3) is 5.78 Å². The molecule has 17 heteroatoms. The van der Waals surface area contributed by atoms with E-state index < -0.39 is 17.7 Å². The summed E-state index contributed by atoms with van der Waals surface area (Å²) < 4.78 is 13.6. The van der Waals surface area contributed by atoms with E-state index in [1.165, 1.54) is 37.8 Å². The third kappa shape index (κ3) is 12.7. The first-order valence-electron chi connectivity index (χ1n) is 26.8. The van der Waals surface area contributed by atoms with Crippen molar-refractivity contribution in [3.63, 3.8) is 0 Å². The Morgan fingerprint density at radius 3 is 1.75 bits per heavy atom. The van der Waals surface area contributed by atoms with Crippen molar-refractivity contribution in [2.75, 3.05) is 54.9 Å². The fourth-order valence-corrected chi connectivity index (χ4v) is 9.82. The van der Waals surface area contributed by atoms with Gasteiger partial charge in [-0.05, 0) is 143 Å². The topological polar surface area (TPSA) is 224 Å². The van der Waals surface area contributed by atoms with Crippen molar-refractivity contribution < 1.29 is 23.9 Å². The van der Waals surface area contributed by atoms with Gasteiger partial charge in [0.05, 0.1) is 53.5 Å². The predicted octanol–water partition coefficient (Wildman–Crippen LogP) is 10.4. The van der Waals surface area contributed by atoms with E-state index in [0.29, 0.717) is 17.5 Å². The monoisotopic (exact) mass is 1030 g/mol.